The van der Waals surface area contributed by atoms with Gasteiger partial charge in [0.25, 0.3) is 0 Å². The Labute approximate surface area is 829 Å². The summed E-state index contributed by atoms with van der Waals surface area (Å²) in [6.45, 7) is 22.7. The van der Waals surface area contributed by atoms with Crippen molar-refractivity contribution in [2.45, 2.75) is 99.2 Å². The van der Waals surface area contributed by atoms with Crippen LogP contribution in [0.4, 0.5) is 39.8 Å². The fourth-order valence-corrected chi connectivity index (χ4v) is 17.4. The first-order chi connectivity index (χ1) is 62.6. The summed E-state index contributed by atoms with van der Waals surface area (Å²) in [5.41, 5.74) is 22.5. The van der Waals surface area contributed by atoms with Crippen LogP contribution in [0.1, 0.15) is 110 Å². The molecule has 17 aromatic rings. The van der Waals surface area contributed by atoms with Gasteiger partial charge >= 0.3 is 0 Å². The van der Waals surface area contributed by atoms with Crippen molar-refractivity contribution < 1.29 is 95.0 Å². The third-order valence-electron chi connectivity index (χ3n) is 22.8. The van der Waals surface area contributed by atoms with Gasteiger partial charge in [0.2, 0.25) is 0 Å². The van der Waals surface area contributed by atoms with Crippen LogP contribution < -0.4 is 28.9 Å². The molecule has 6 aromatic heterocycles. The minimum atomic E-state index is -0.795. The van der Waals surface area contributed by atoms with Crippen molar-refractivity contribution >= 4 is 88.4 Å². The number of anilines is 7. The van der Waals surface area contributed by atoms with E-state index in [0.717, 1.165) is 107 Å². The van der Waals surface area contributed by atoms with E-state index < -0.39 is 12.2 Å². The van der Waals surface area contributed by atoms with E-state index in [2.05, 4.69) is 234 Å². The molecule has 2 atom stereocenters. The standard InChI is InChI=1S/C27H23N2O.C22H14NOS2.C20H16NO.C19H16N3.C15H14O2.C11H22O2.3Ir/c1-27(2,3)19-14-16-20(17-15-19)29-23-11-4-5-13-25(23)30-26-21(9-8-12-24(26)29)22-10-6-7-18-28-22;1-24-20-12-14(13-25-20)15-6-4-7-16-17-8-5-9-18(22(17)26-21(15)16)19-10-2-3-11-23-19;1-20(2)15-7-3-4-9-18(15)22-19-13-14(10-11-16(19)20)17-8-5-6-12-21-17;1-21-16-8-3-4-9-17(16)22(2)19-13-14(10-11-18(19)21)15-7-5-6-12-20-15;16-14(12-7-3-1-4-8-12)11-15(17)13-9-5-2-6-10-13;1-10(2,3)8(12)7-9(13)11(4,5)6;;;/h4-8,10-18H,1-3H3;2-8,10-13H,1H3;3-12H,1-2H3;3-9,11-13H,1-2H3;1-11,14,16-17H;7-8,12-13H,1-6H3;;;/q4*-1;;;;;. The summed E-state index contributed by atoms with van der Waals surface area (Å²) < 4.78 is 20.4. The number of para-hydroxylation sites is 5. The Morgan fingerprint density at radius 2 is 1.02 bits per heavy atom. The maximum Gasteiger partial charge on any atom is 0.173 e. The molecular weight excluding hydrogens is 2220 g/mol. The largest absolute Gasteiger partial charge is 0.512 e. The van der Waals surface area contributed by atoms with Crippen molar-refractivity contribution in [3.05, 3.63) is 403 Å². The summed E-state index contributed by atoms with van der Waals surface area (Å²) in [6, 6.07) is 114. The fourth-order valence-electron chi connectivity index (χ4n) is 15.3. The first-order valence-corrected chi connectivity index (χ1v) is 44.9. The van der Waals surface area contributed by atoms with Gasteiger partial charge in [0.1, 0.15) is 23.4 Å². The molecule has 0 aliphatic carbocycles. The first kappa shape index (κ1) is 99.7. The Balaban J connectivity index is 0.000000146. The zero-order valence-corrected chi connectivity index (χ0v) is 85.3. The van der Waals surface area contributed by atoms with Crippen LogP contribution in [0.2, 0.25) is 0 Å². The van der Waals surface area contributed by atoms with Crippen LogP contribution in [0.25, 0.3) is 82.1 Å². The number of thiophene rings is 2. The third kappa shape index (κ3) is 23.1. The normalized spacial score (nSPS) is 13.0. The molecule has 2 unspecified atom stereocenters. The van der Waals surface area contributed by atoms with Crippen molar-refractivity contribution in [3.63, 3.8) is 0 Å². The van der Waals surface area contributed by atoms with Crippen molar-refractivity contribution in [1.29, 1.82) is 0 Å². The summed E-state index contributed by atoms with van der Waals surface area (Å²) in [7, 11) is 5.91. The molecule has 9 heterocycles. The van der Waals surface area contributed by atoms with Gasteiger partial charge < -0.3 is 69.3 Å². The van der Waals surface area contributed by atoms with Crippen molar-refractivity contribution in [1.82, 2.24) is 19.9 Å². The number of hydrogen-bond donors (Lipinski definition) is 4. The van der Waals surface area contributed by atoms with Gasteiger partial charge in [-0.15, -0.1) is 94.8 Å². The molecule has 0 saturated heterocycles. The van der Waals surface area contributed by atoms with Crippen LogP contribution in [-0.4, -0.2) is 67.7 Å². The van der Waals surface area contributed by atoms with E-state index in [9.17, 15) is 20.4 Å². The summed E-state index contributed by atoms with van der Waals surface area (Å²) in [5.74, 6) is 3.63. The van der Waals surface area contributed by atoms with E-state index in [1.807, 2.05) is 235 Å². The van der Waals surface area contributed by atoms with Crippen molar-refractivity contribution in [2.24, 2.45) is 10.8 Å². The second kappa shape index (κ2) is 44.0. The number of rotatable bonds is 11. The number of pyridine rings is 4. The minimum Gasteiger partial charge on any atom is -0.512 e. The van der Waals surface area contributed by atoms with E-state index >= 15 is 0 Å². The molecule has 0 amide bonds. The van der Waals surface area contributed by atoms with Crippen LogP contribution in [0.15, 0.2) is 351 Å². The second-order valence-electron chi connectivity index (χ2n) is 35.3. The number of methoxy groups -OCH3 is 1. The van der Waals surface area contributed by atoms with Crippen molar-refractivity contribution in [2.75, 3.05) is 35.9 Å². The fraction of sp³-hybridized carbons (Fsp3) is 0.175. The second-order valence-corrected chi connectivity index (χ2v) is 37.2. The topological polar surface area (TPSA) is 170 Å². The Kier molecular flexibility index (Phi) is 33.0. The third-order valence-corrected chi connectivity index (χ3v) is 25.0. The molecular formula is C114H105Ir3N7O7S2-4. The van der Waals surface area contributed by atoms with Gasteiger partial charge in [0.15, 0.2) is 5.06 Å². The number of aliphatic hydroxyl groups excluding tert-OH is 4. The summed E-state index contributed by atoms with van der Waals surface area (Å²) >= 11 is 3.44. The van der Waals surface area contributed by atoms with Gasteiger partial charge in [-0.25, -0.2) is 0 Å². The molecule has 3 aliphatic heterocycles. The number of ether oxygens (including phenoxy) is 3. The summed E-state index contributed by atoms with van der Waals surface area (Å²) in [4.78, 5) is 24.5. The summed E-state index contributed by atoms with van der Waals surface area (Å²) in [6.07, 6.45) is 8.80. The molecule has 3 radical (unpaired) electrons. The van der Waals surface area contributed by atoms with Gasteiger partial charge in [-0.3, -0.25) is 0 Å². The van der Waals surface area contributed by atoms with E-state index in [1.54, 1.807) is 43.0 Å². The van der Waals surface area contributed by atoms with E-state index in [-0.39, 0.29) is 93.5 Å². The SMILES string of the molecule is CC(C)(C)C(O)=CC(O)C(C)(C)C.CC(C)(C)c1ccc(N2c3ccccc3Oc3c(-c4ccccn4)[c-]ccc32)cc1.CC1(C)c2ccc(-c3ccccn3)[c-]c2Oc2ccccc21.CN1c2c[c-]c(-c3ccccn3)cc2N(C)c2ccccc21.COc1cc(-c2cccc3c2sc2c(-c4ccccn4)[c-]ccc23)cs1.OC(=CC(O)c1ccccc1)c1ccccc1.[Ir].[Ir].[Ir]. The molecule has 3 aliphatic rings. The van der Waals surface area contributed by atoms with E-state index in [4.69, 9.17) is 14.2 Å². The number of fused-ring (bicyclic) bond motifs is 9. The number of aromatic nitrogens is 4. The Bertz CT molecular complexity index is 6810. The zero-order chi connectivity index (χ0) is 91.4. The molecule has 19 heteroatoms. The predicted octanol–water partition coefficient (Wildman–Crippen LogP) is 29.6. The molecule has 11 aromatic carbocycles. The molecule has 0 saturated carbocycles. The van der Waals surface area contributed by atoms with Gasteiger partial charge in [0.05, 0.1) is 41.8 Å². The maximum absolute atomic E-state index is 9.92. The predicted molar refractivity (Wildman–Crippen MR) is 536 cm³/mol. The molecule has 0 spiro atoms. The molecule has 0 fully saturated rings. The van der Waals surface area contributed by atoms with Gasteiger partial charge in [-0.05, 0) is 173 Å². The monoisotopic (exact) mass is 2330 g/mol. The van der Waals surface area contributed by atoms with Gasteiger partial charge in [0, 0.05) is 137 Å². The van der Waals surface area contributed by atoms with Crippen LogP contribution >= 0.6 is 22.7 Å². The number of benzene rings is 11. The Hall–Kier alpha value is -12.3. The van der Waals surface area contributed by atoms with Crippen LogP contribution in [-0.2, 0) is 71.1 Å². The zero-order valence-electron chi connectivity index (χ0n) is 76.5. The molecule has 14 nitrogen and oxygen atoms in total. The molecule has 681 valence electrons. The molecule has 133 heavy (non-hydrogen) atoms. The molecule has 0 bridgehead atoms. The first-order valence-electron chi connectivity index (χ1n) is 43.2. The summed E-state index contributed by atoms with van der Waals surface area (Å²) in [5, 5.41) is 44.7. The minimum absolute atomic E-state index is 0. The van der Waals surface area contributed by atoms with Crippen LogP contribution in [0, 0.1) is 35.1 Å². The number of allylic oxidation sites excluding steroid dienone is 1. The Morgan fingerprint density at radius 3 is 1.62 bits per heavy atom. The average molecular weight is 2330 g/mol. The maximum atomic E-state index is 9.92. The number of hydrogen-bond acceptors (Lipinski definition) is 16. The van der Waals surface area contributed by atoms with Crippen LogP contribution in [0.3, 0.4) is 0 Å². The number of nitrogens with zero attached hydrogens (tertiary/aromatic N) is 7. The smallest absolute Gasteiger partial charge is 0.173 e. The van der Waals surface area contributed by atoms with Gasteiger partial charge in [-0.2, -0.15) is 11.3 Å². The molecule has 20 rings (SSSR count). The van der Waals surface area contributed by atoms with E-state index in [0.29, 0.717) is 5.56 Å². The van der Waals surface area contributed by atoms with Crippen molar-refractivity contribution in [3.8, 4) is 84.2 Å². The quantitative estimate of drug-likeness (QED) is 0.0712. The number of aliphatic hydroxyl groups is 4. The van der Waals surface area contributed by atoms with Gasteiger partial charge in [-0.1, -0.05) is 281 Å². The van der Waals surface area contributed by atoms with E-state index in [1.165, 1.54) is 71.6 Å². The Morgan fingerprint density at radius 1 is 0.481 bits per heavy atom. The average Bonchev–Trinajstić information content (AvgIpc) is 1.74. The molecule has 4 N–H and O–H groups in total. The van der Waals surface area contributed by atoms with Crippen LogP contribution in [0.5, 0.6) is 28.1 Å².